The van der Waals surface area contributed by atoms with Gasteiger partial charge in [-0.2, -0.15) is 0 Å². The number of aryl methyl sites for hydroxylation is 2. The van der Waals surface area contributed by atoms with Crippen LogP contribution in [0.5, 0.6) is 5.75 Å². The molecule has 0 heterocycles. The van der Waals surface area contributed by atoms with E-state index in [1.165, 1.54) is 0 Å². The molecule has 1 unspecified atom stereocenters. The second-order valence-corrected chi connectivity index (χ2v) is 5.74. The number of nitrogens with one attached hydrogen (secondary N) is 1. The molecule has 0 bridgehead atoms. The van der Waals surface area contributed by atoms with Gasteiger partial charge in [0, 0.05) is 5.69 Å². The largest absolute Gasteiger partial charge is 0.483 e. The molecule has 5 nitrogen and oxygen atoms in total. The highest BCUT2D eigenvalue weighted by Gasteiger charge is 2.13. The molecule has 2 aromatic rings. The molecular formula is C19H21NO4. The highest BCUT2D eigenvalue weighted by molar-refractivity contribution is 5.92. The normalized spacial score (nSPS) is 11.6. The average molecular weight is 327 g/mol. The Kier molecular flexibility index (Phi) is 5.58. The van der Waals surface area contributed by atoms with Gasteiger partial charge < -0.3 is 15.2 Å². The van der Waals surface area contributed by atoms with Crippen LogP contribution in [0.15, 0.2) is 42.5 Å². The van der Waals surface area contributed by atoms with Gasteiger partial charge in [0.15, 0.2) is 6.61 Å². The van der Waals surface area contributed by atoms with Gasteiger partial charge in [-0.05, 0) is 49.6 Å². The number of hydrogen-bond donors (Lipinski definition) is 2. The third-order valence-corrected chi connectivity index (χ3v) is 3.82. The summed E-state index contributed by atoms with van der Waals surface area (Å²) in [5, 5.41) is 11.7. The smallest absolute Gasteiger partial charge is 0.310 e. The first-order chi connectivity index (χ1) is 11.4. The van der Waals surface area contributed by atoms with Gasteiger partial charge in [0.1, 0.15) is 5.75 Å². The third kappa shape index (κ3) is 4.35. The summed E-state index contributed by atoms with van der Waals surface area (Å²) in [7, 11) is 0. The average Bonchev–Trinajstić information content (AvgIpc) is 2.54. The number of para-hydroxylation sites is 1. The minimum atomic E-state index is -0.881. The van der Waals surface area contributed by atoms with Crippen LogP contribution >= 0.6 is 0 Å². The fourth-order valence-corrected chi connectivity index (χ4v) is 2.36. The maximum Gasteiger partial charge on any atom is 0.310 e. The predicted octanol–water partition coefficient (Wildman–Crippen LogP) is 3.51. The zero-order valence-corrected chi connectivity index (χ0v) is 14.0. The van der Waals surface area contributed by atoms with Crippen LogP contribution < -0.4 is 10.1 Å². The molecule has 2 rings (SSSR count). The molecule has 0 aromatic heterocycles. The van der Waals surface area contributed by atoms with E-state index in [1.54, 1.807) is 31.2 Å². The summed E-state index contributed by atoms with van der Waals surface area (Å²) < 4.78 is 5.61. The maximum atomic E-state index is 12.0. The van der Waals surface area contributed by atoms with Crippen molar-refractivity contribution < 1.29 is 19.4 Å². The van der Waals surface area contributed by atoms with Crippen LogP contribution in [0.1, 0.15) is 29.5 Å². The van der Waals surface area contributed by atoms with Gasteiger partial charge in [-0.25, -0.2) is 0 Å². The van der Waals surface area contributed by atoms with E-state index in [9.17, 15) is 9.59 Å². The van der Waals surface area contributed by atoms with E-state index < -0.39 is 11.9 Å². The van der Waals surface area contributed by atoms with Crippen LogP contribution in [0.25, 0.3) is 0 Å². The molecule has 0 spiro atoms. The number of rotatable bonds is 6. The first kappa shape index (κ1) is 17.5. The summed E-state index contributed by atoms with van der Waals surface area (Å²) in [6, 6.07) is 12.6. The molecule has 1 atom stereocenters. The van der Waals surface area contributed by atoms with E-state index in [0.29, 0.717) is 11.3 Å². The van der Waals surface area contributed by atoms with Crippen molar-refractivity contribution in [1.82, 2.24) is 0 Å². The third-order valence-electron chi connectivity index (χ3n) is 3.82. The van der Waals surface area contributed by atoms with Crippen molar-refractivity contribution in [1.29, 1.82) is 0 Å². The van der Waals surface area contributed by atoms with Crippen LogP contribution in [-0.2, 0) is 9.59 Å². The molecule has 1 amide bonds. The molecule has 5 heteroatoms. The van der Waals surface area contributed by atoms with Gasteiger partial charge in [0.2, 0.25) is 0 Å². The van der Waals surface area contributed by atoms with E-state index in [0.717, 1.165) is 16.9 Å². The van der Waals surface area contributed by atoms with Gasteiger partial charge in [-0.3, -0.25) is 9.59 Å². The lowest BCUT2D eigenvalue weighted by molar-refractivity contribution is -0.138. The molecular weight excluding hydrogens is 306 g/mol. The van der Waals surface area contributed by atoms with Crippen LogP contribution in [-0.4, -0.2) is 23.6 Å². The standard InChI is InChI=1S/C19H21NO4/c1-12-5-4-6-13(2)18(12)24-11-17(21)20-16-9-7-15(8-10-16)14(3)19(22)23/h4-10,14H,11H2,1-3H3,(H,20,21)(H,22,23). The fraction of sp³-hybridized carbons (Fsp3) is 0.263. The van der Waals surface area contributed by atoms with Crippen molar-refractivity contribution in [3.05, 3.63) is 59.2 Å². The van der Waals surface area contributed by atoms with Crippen LogP contribution in [0.4, 0.5) is 5.69 Å². The number of hydrogen-bond acceptors (Lipinski definition) is 3. The molecule has 0 fully saturated rings. The molecule has 2 N–H and O–H groups in total. The van der Waals surface area contributed by atoms with Gasteiger partial charge >= 0.3 is 5.97 Å². The minimum absolute atomic E-state index is 0.0844. The zero-order chi connectivity index (χ0) is 17.7. The molecule has 0 aliphatic rings. The quantitative estimate of drug-likeness (QED) is 0.851. The molecule has 0 saturated heterocycles. The van der Waals surface area contributed by atoms with Crippen LogP contribution in [0, 0.1) is 13.8 Å². The van der Waals surface area contributed by atoms with Gasteiger partial charge in [-0.15, -0.1) is 0 Å². The zero-order valence-electron chi connectivity index (χ0n) is 14.0. The van der Waals surface area contributed by atoms with Crippen LogP contribution in [0.3, 0.4) is 0 Å². The van der Waals surface area contributed by atoms with Crippen molar-refractivity contribution in [3.63, 3.8) is 0 Å². The number of aliphatic carboxylic acids is 1. The molecule has 24 heavy (non-hydrogen) atoms. The highest BCUT2D eigenvalue weighted by Crippen LogP contribution is 2.22. The van der Waals surface area contributed by atoms with E-state index in [-0.39, 0.29) is 12.5 Å². The molecule has 0 aliphatic carbocycles. The topological polar surface area (TPSA) is 75.6 Å². The number of carbonyl (C=O) groups excluding carboxylic acids is 1. The molecule has 0 radical (unpaired) electrons. The number of ether oxygens (including phenoxy) is 1. The summed E-state index contributed by atoms with van der Waals surface area (Å²) in [5.41, 5.74) is 3.25. The van der Waals surface area contributed by atoms with Gasteiger partial charge in [0.25, 0.3) is 5.91 Å². The lowest BCUT2D eigenvalue weighted by Gasteiger charge is -2.12. The summed E-state index contributed by atoms with van der Waals surface area (Å²) in [6.45, 7) is 5.40. The number of anilines is 1. The number of carboxylic acids is 1. The van der Waals surface area contributed by atoms with E-state index in [4.69, 9.17) is 9.84 Å². The molecule has 0 saturated carbocycles. The lowest BCUT2D eigenvalue weighted by atomic mass is 10.0. The summed E-state index contributed by atoms with van der Waals surface area (Å²) in [6.07, 6.45) is 0. The summed E-state index contributed by atoms with van der Waals surface area (Å²) in [5.74, 6) is -1.01. The first-order valence-electron chi connectivity index (χ1n) is 7.70. The Morgan fingerprint density at radius 2 is 1.67 bits per heavy atom. The highest BCUT2D eigenvalue weighted by atomic mass is 16.5. The Bertz CT molecular complexity index is 717. The van der Waals surface area contributed by atoms with Crippen LogP contribution in [0.2, 0.25) is 0 Å². The minimum Gasteiger partial charge on any atom is -0.483 e. The van der Waals surface area contributed by atoms with E-state index in [2.05, 4.69) is 5.32 Å². The fourth-order valence-electron chi connectivity index (χ4n) is 2.36. The van der Waals surface area contributed by atoms with Crippen molar-refractivity contribution in [2.24, 2.45) is 0 Å². The van der Waals surface area contributed by atoms with E-state index in [1.807, 2.05) is 32.0 Å². The Balaban J connectivity index is 1.94. The first-order valence-corrected chi connectivity index (χ1v) is 7.70. The van der Waals surface area contributed by atoms with Crippen molar-refractivity contribution in [3.8, 4) is 5.75 Å². The van der Waals surface area contributed by atoms with Crippen molar-refractivity contribution in [2.45, 2.75) is 26.7 Å². The number of carboxylic acid groups (broad SMARTS) is 1. The van der Waals surface area contributed by atoms with Crippen molar-refractivity contribution >= 4 is 17.6 Å². The number of amides is 1. The second-order valence-electron chi connectivity index (χ2n) is 5.74. The predicted molar refractivity (Wildman–Crippen MR) is 92.5 cm³/mol. The number of carbonyl (C=O) groups is 2. The summed E-state index contributed by atoms with van der Waals surface area (Å²) >= 11 is 0. The lowest BCUT2D eigenvalue weighted by Crippen LogP contribution is -2.20. The Morgan fingerprint density at radius 1 is 1.08 bits per heavy atom. The Hall–Kier alpha value is -2.82. The monoisotopic (exact) mass is 327 g/mol. The summed E-state index contributed by atoms with van der Waals surface area (Å²) in [4.78, 5) is 23.0. The SMILES string of the molecule is Cc1cccc(C)c1OCC(=O)Nc1ccc(C(C)C(=O)O)cc1. The van der Waals surface area contributed by atoms with Gasteiger partial charge in [-0.1, -0.05) is 30.3 Å². The Morgan fingerprint density at radius 3 is 2.21 bits per heavy atom. The molecule has 0 aliphatic heterocycles. The molecule has 2 aromatic carbocycles. The van der Waals surface area contributed by atoms with Gasteiger partial charge in [0.05, 0.1) is 5.92 Å². The molecule has 126 valence electrons. The second kappa shape index (κ2) is 7.64. The Labute approximate surface area is 141 Å². The van der Waals surface area contributed by atoms with Crippen molar-refractivity contribution in [2.75, 3.05) is 11.9 Å². The maximum absolute atomic E-state index is 12.0. The number of benzene rings is 2. The van der Waals surface area contributed by atoms with E-state index >= 15 is 0 Å².